The lowest BCUT2D eigenvalue weighted by atomic mass is 10.1. The van der Waals surface area contributed by atoms with E-state index in [1.54, 1.807) is 4.72 Å². The van der Waals surface area contributed by atoms with Crippen LogP contribution in [0.4, 0.5) is 4.79 Å². The van der Waals surface area contributed by atoms with Crippen molar-refractivity contribution in [2.24, 2.45) is 0 Å². The van der Waals surface area contributed by atoms with Gasteiger partial charge in [-0.1, -0.05) is 0 Å². The van der Waals surface area contributed by atoms with Crippen molar-refractivity contribution in [3.63, 3.8) is 0 Å². The number of rotatable bonds is 5. The third-order valence-electron chi connectivity index (χ3n) is 1.42. The quantitative estimate of drug-likeness (QED) is 0.604. The molecule has 0 aromatic heterocycles. The normalized spacial score (nSPS) is 11.9. The molecule has 8 nitrogen and oxygen atoms in total. The third kappa shape index (κ3) is 4.94. The maximum Gasteiger partial charge on any atom is 0.421 e. The molecule has 9 heteroatoms. The van der Waals surface area contributed by atoms with Crippen LogP contribution in [0.3, 0.4) is 0 Å². The molecular weight excluding hydrogens is 240 g/mol. The second-order valence-electron chi connectivity index (χ2n) is 3.36. The van der Waals surface area contributed by atoms with Crippen molar-refractivity contribution in [2.45, 2.75) is 26.3 Å². The highest BCUT2D eigenvalue weighted by Gasteiger charge is 2.33. The first-order chi connectivity index (χ1) is 7.10. The summed E-state index contributed by atoms with van der Waals surface area (Å²) in [5, 5.41) is 8.67. The first-order valence-corrected chi connectivity index (χ1v) is 5.81. The third-order valence-corrected chi connectivity index (χ3v) is 2.63. The second kappa shape index (κ2) is 5.12. The van der Waals surface area contributed by atoms with Gasteiger partial charge in [0.1, 0.15) is 5.54 Å². The van der Waals surface area contributed by atoms with Crippen molar-refractivity contribution in [1.82, 2.24) is 9.44 Å². The van der Waals surface area contributed by atoms with Gasteiger partial charge >= 0.3 is 22.3 Å². The predicted molar refractivity (Wildman–Crippen MR) is 53.9 cm³/mol. The first-order valence-electron chi connectivity index (χ1n) is 4.32. The number of hydrogen-bond acceptors (Lipinski definition) is 5. The number of carboxylic acids is 1. The topological polar surface area (TPSA) is 122 Å². The molecule has 94 valence electrons. The van der Waals surface area contributed by atoms with E-state index in [0.717, 1.165) is 13.8 Å². The largest absolute Gasteiger partial charge is 0.480 e. The Labute approximate surface area is 93.2 Å². The minimum atomic E-state index is -4.26. The maximum absolute atomic E-state index is 11.2. The Kier molecular flexibility index (Phi) is 4.69. The smallest absolute Gasteiger partial charge is 0.421 e. The van der Waals surface area contributed by atoms with Crippen LogP contribution in [-0.4, -0.2) is 37.7 Å². The molecule has 0 aliphatic rings. The van der Waals surface area contributed by atoms with Gasteiger partial charge in [-0.15, -0.1) is 0 Å². The van der Waals surface area contributed by atoms with Gasteiger partial charge in [0.25, 0.3) is 0 Å². The Hall–Kier alpha value is -1.35. The molecule has 3 N–H and O–H groups in total. The Morgan fingerprint density at radius 1 is 1.38 bits per heavy atom. The molecule has 0 aromatic rings. The van der Waals surface area contributed by atoms with Crippen LogP contribution in [0.2, 0.25) is 0 Å². The number of hydrogen-bond donors (Lipinski definition) is 3. The van der Waals surface area contributed by atoms with Crippen molar-refractivity contribution in [2.75, 3.05) is 6.61 Å². The molecule has 0 rings (SSSR count). The van der Waals surface area contributed by atoms with Gasteiger partial charge in [0.15, 0.2) is 0 Å². The Balaban J connectivity index is 4.60. The van der Waals surface area contributed by atoms with Crippen LogP contribution in [0.25, 0.3) is 0 Å². The summed E-state index contributed by atoms with van der Waals surface area (Å²) in [4.78, 5) is 21.5. The van der Waals surface area contributed by atoms with Crippen LogP contribution in [0.1, 0.15) is 20.8 Å². The fraction of sp³-hybridized carbons (Fsp3) is 0.714. The van der Waals surface area contributed by atoms with Gasteiger partial charge in [-0.25, -0.2) is 9.52 Å². The van der Waals surface area contributed by atoms with E-state index in [1.165, 1.54) is 11.6 Å². The first kappa shape index (κ1) is 14.6. The average Bonchev–Trinajstić information content (AvgIpc) is 1.99. The van der Waals surface area contributed by atoms with Crippen molar-refractivity contribution >= 4 is 22.3 Å². The highest BCUT2D eigenvalue weighted by atomic mass is 32.2. The summed E-state index contributed by atoms with van der Waals surface area (Å²) in [6.45, 7) is 3.78. The van der Waals surface area contributed by atoms with Gasteiger partial charge in [-0.05, 0) is 20.8 Å². The zero-order chi connectivity index (χ0) is 13.0. The van der Waals surface area contributed by atoms with E-state index >= 15 is 0 Å². The summed E-state index contributed by atoms with van der Waals surface area (Å²) in [7, 11) is -4.26. The fourth-order valence-corrected chi connectivity index (χ4v) is 1.76. The Morgan fingerprint density at radius 3 is 2.25 bits per heavy atom. The lowest BCUT2D eigenvalue weighted by Gasteiger charge is -2.20. The zero-order valence-electron chi connectivity index (χ0n) is 9.10. The summed E-state index contributed by atoms with van der Waals surface area (Å²) in [5.74, 6) is -1.37. The van der Waals surface area contributed by atoms with E-state index in [0.29, 0.717) is 0 Å². The SMILES string of the molecule is CCOC(=O)NS(=O)(=O)NC(C)(C)C(=O)O. The molecule has 0 fully saturated rings. The molecule has 0 radical (unpaired) electrons. The average molecular weight is 254 g/mol. The van der Waals surface area contributed by atoms with Crippen LogP contribution >= 0.6 is 0 Å². The van der Waals surface area contributed by atoms with Crippen LogP contribution in [-0.2, 0) is 19.7 Å². The van der Waals surface area contributed by atoms with E-state index in [2.05, 4.69) is 4.74 Å². The van der Waals surface area contributed by atoms with Crippen LogP contribution in [0.15, 0.2) is 0 Å². The predicted octanol–water partition coefficient (Wildman–Crippen LogP) is -0.570. The fourth-order valence-electron chi connectivity index (χ4n) is 0.675. The van der Waals surface area contributed by atoms with Gasteiger partial charge in [-0.3, -0.25) is 4.79 Å². The zero-order valence-corrected chi connectivity index (χ0v) is 9.92. The lowest BCUT2D eigenvalue weighted by molar-refractivity contribution is -0.142. The minimum absolute atomic E-state index is 0.00365. The molecule has 0 saturated heterocycles. The molecule has 0 heterocycles. The van der Waals surface area contributed by atoms with Crippen LogP contribution < -0.4 is 9.44 Å². The molecular formula is C7H14N2O6S. The van der Waals surface area contributed by atoms with E-state index in [1.807, 2.05) is 0 Å². The van der Waals surface area contributed by atoms with Gasteiger partial charge in [0, 0.05) is 0 Å². The highest BCUT2D eigenvalue weighted by Crippen LogP contribution is 2.03. The summed E-state index contributed by atoms with van der Waals surface area (Å²) >= 11 is 0. The molecule has 0 bridgehead atoms. The van der Waals surface area contributed by atoms with Crippen LogP contribution in [0, 0.1) is 0 Å². The van der Waals surface area contributed by atoms with Gasteiger partial charge in [0.2, 0.25) is 0 Å². The Bertz CT molecular complexity index is 374. The van der Waals surface area contributed by atoms with Gasteiger partial charge < -0.3 is 9.84 Å². The number of ether oxygens (including phenoxy) is 1. The lowest BCUT2D eigenvalue weighted by Crippen LogP contribution is -2.54. The molecule has 0 aliphatic carbocycles. The maximum atomic E-state index is 11.2. The van der Waals surface area contributed by atoms with Crippen molar-refractivity contribution in [3.8, 4) is 0 Å². The van der Waals surface area contributed by atoms with Gasteiger partial charge in [-0.2, -0.15) is 13.1 Å². The minimum Gasteiger partial charge on any atom is -0.480 e. The Morgan fingerprint density at radius 2 is 1.88 bits per heavy atom. The number of carbonyl (C=O) groups excluding carboxylic acids is 1. The van der Waals surface area contributed by atoms with Crippen LogP contribution in [0.5, 0.6) is 0 Å². The van der Waals surface area contributed by atoms with E-state index in [9.17, 15) is 18.0 Å². The number of carboxylic acid groups (broad SMARTS) is 1. The number of aliphatic carboxylic acids is 1. The molecule has 1 amide bonds. The molecule has 0 aromatic carbocycles. The summed E-state index contributed by atoms with van der Waals surface area (Å²) < 4.78 is 30.1. The summed E-state index contributed by atoms with van der Waals surface area (Å²) in [6, 6.07) is 0. The summed E-state index contributed by atoms with van der Waals surface area (Å²) in [5.41, 5.74) is -1.72. The summed E-state index contributed by atoms with van der Waals surface area (Å²) in [6.07, 6.45) is -1.17. The molecule has 0 aliphatic heterocycles. The van der Waals surface area contributed by atoms with Crippen molar-refractivity contribution < 1.29 is 27.9 Å². The highest BCUT2D eigenvalue weighted by molar-refractivity contribution is 7.88. The molecule has 0 atom stereocenters. The number of amides is 1. The second-order valence-corrected chi connectivity index (χ2v) is 4.77. The van der Waals surface area contributed by atoms with E-state index in [-0.39, 0.29) is 6.61 Å². The van der Waals surface area contributed by atoms with E-state index in [4.69, 9.17) is 5.11 Å². The van der Waals surface area contributed by atoms with Crippen molar-refractivity contribution in [1.29, 1.82) is 0 Å². The number of carbonyl (C=O) groups is 2. The molecule has 0 unspecified atom stereocenters. The van der Waals surface area contributed by atoms with Crippen molar-refractivity contribution in [3.05, 3.63) is 0 Å². The number of nitrogens with one attached hydrogen (secondary N) is 2. The molecule has 0 saturated carbocycles. The molecule has 16 heavy (non-hydrogen) atoms. The standard InChI is InChI=1S/C7H14N2O6S/c1-4-15-6(12)8-16(13,14)9-7(2,3)5(10)11/h9H,4H2,1-3H3,(H,8,12)(H,10,11). The van der Waals surface area contributed by atoms with E-state index < -0.39 is 27.8 Å². The van der Waals surface area contributed by atoms with Gasteiger partial charge in [0.05, 0.1) is 6.61 Å². The monoisotopic (exact) mass is 254 g/mol. The molecule has 0 spiro atoms.